The molecular formula is C23H30ClN5O4S. The molecule has 1 aliphatic heterocycles. The molecule has 0 spiro atoms. The molecule has 1 fully saturated rings. The van der Waals surface area contributed by atoms with Crippen molar-refractivity contribution in [2.75, 3.05) is 57.6 Å². The van der Waals surface area contributed by atoms with E-state index in [1.807, 2.05) is 30.0 Å². The minimum atomic E-state index is -0.109. The van der Waals surface area contributed by atoms with Crippen LogP contribution in [0.4, 0.5) is 5.82 Å². The standard InChI is InChI=1S/C23H30ClN5O4S/c1-4-22(31)29-11-9-28(10-12-29)20-14-19(24)26-23(27-20)34-15-21(30)25-8-7-16-5-6-17(32-2)18(13-16)33-3/h5-6,13-14H,4,7-12,15H2,1-3H3,(H,25,30). The molecule has 34 heavy (non-hydrogen) atoms. The molecule has 1 N–H and O–H groups in total. The highest BCUT2D eigenvalue weighted by Crippen LogP contribution is 2.27. The van der Waals surface area contributed by atoms with E-state index >= 15 is 0 Å². The lowest BCUT2D eigenvalue weighted by Gasteiger charge is -2.35. The summed E-state index contributed by atoms with van der Waals surface area (Å²) in [5.41, 5.74) is 1.04. The van der Waals surface area contributed by atoms with Crippen LogP contribution in [0.3, 0.4) is 0 Å². The molecule has 0 unspecified atom stereocenters. The van der Waals surface area contributed by atoms with Crippen LogP contribution in [0.1, 0.15) is 18.9 Å². The molecule has 1 aromatic carbocycles. The van der Waals surface area contributed by atoms with E-state index in [1.165, 1.54) is 11.8 Å². The largest absolute Gasteiger partial charge is 0.493 e. The van der Waals surface area contributed by atoms with Gasteiger partial charge in [-0.1, -0.05) is 36.4 Å². The zero-order valence-electron chi connectivity index (χ0n) is 19.7. The van der Waals surface area contributed by atoms with Crippen molar-refractivity contribution in [2.45, 2.75) is 24.9 Å². The second-order valence-corrected chi connectivity index (χ2v) is 8.96. The number of hydrogen-bond acceptors (Lipinski definition) is 8. The number of amides is 2. The highest BCUT2D eigenvalue weighted by atomic mass is 35.5. The van der Waals surface area contributed by atoms with Gasteiger partial charge in [-0.05, 0) is 24.1 Å². The molecule has 1 saturated heterocycles. The highest BCUT2D eigenvalue weighted by molar-refractivity contribution is 7.99. The normalized spacial score (nSPS) is 13.5. The predicted molar refractivity (Wildman–Crippen MR) is 133 cm³/mol. The van der Waals surface area contributed by atoms with Gasteiger partial charge in [0.1, 0.15) is 11.0 Å². The number of aromatic nitrogens is 2. The number of anilines is 1. The van der Waals surface area contributed by atoms with Crippen molar-refractivity contribution in [2.24, 2.45) is 0 Å². The fourth-order valence-corrected chi connectivity index (χ4v) is 4.50. The number of ether oxygens (including phenoxy) is 2. The molecular weight excluding hydrogens is 478 g/mol. The minimum Gasteiger partial charge on any atom is -0.493 e. The average molecular weight is 508 g/mol. The van der Waals surface area contributed by atoms with E-state index < -0.39 is 0 Å². The maximum atomic E-state index is 12.3. The van der Waals surface area contributed by atoms with Crippen LogP contribution >= 0.6 is 23.4 Å². The van der Waals surface area contributed by atoms with Crippen molar-refractivity contribution < 1.29 is 19.1 Å². The van der Waals surface area contributed by atoms with Gasteiger partial charge in [-0.3, -0.25) is 9.59 Å². The first kappa shape index (κ1) is 25.9. The molecule has 1 aliphatic rings. The number of nitrogens with zero attached hydrogens (tertiary/aromatic N) is 4. The van der Waals surface area contributed by atoms with Gasteiger partial charge in [0.2, 0.25) is 11.8 Å². The zero-order valence-corrected chi connectivity index (χ0v) is 21.2. The van der Waals surface area contributed by atoms with Crippen molar-refractivity contribution in [3.63, 3.8) is 0 Å². The Balaban J connectivity index is 1.47. The SMILES string of the molecule is CCC(=O)N1CCN(c2cc(Cl)nc(SCC(=O)NCCc3ccc(OC)c(OC)c3)n2)CC1. The van der Waals surface area contributed by atoms with E-state index in [-0.39, 0.29) is 17.6 Å². The molecule has 184 valence electrons. The number of methoxy groups -OCH3 is 2. The Bertz CT molecular complexity index is 1000. The van der Waals surface area contributed by atoms with Gasteiger partial charge >= 0.3 is 0 Å². The van der Waals surface area contributed by atoms with Gasteiger partial charge in [0, 0.05) is 45.2 Å². The Morgan fingerprint density at radius 3 is 2.50 bits per heavy atom. The molecule has 11 heteroatoms. The number of carbonyl (C=O) groups excluding carboxylic acids is 2. The van der Waals surface area contributed by atoms with E-state index in [1.54, 1.807) is 20.3 Å². The van der Waals surface area contributed by atoms with Crippen LogP contribution in [-0.4, -0.2) is 79.4 Å². The molecule has 1 aromatic heterocycles. The average Bonchev–Trinajstić information content (AvgIpc) is 2.86. The third kappa shape index (κ3) is 7.14. The number of hydrogen-bond donors (Lipinski definition) is 1. The summed E-state index contributed by atoms with van der Waals surface area (Å²) in [4.78, 5) is 37.0. The highest BCUT2D eigenvalue weighted by Gasteiger charge is 2.22. The molecule has 9 nitrogen and oxygen atoms in total. The lowest BCUT2D eigenvalue weighted by atomic mass is 10.1. The van der Waals surface area contributed by atoms with Crippen molar-refractivity contribution in [1.29, 1.82) is 0 Å². The summed E-state index contributed by atoms with van der Waals surface area (Å²) in [6.07, 6.45) is 1.18. The van der Waals surface area contributed by atoms with Gasteiger partial charge in [-0.15, -0.1) is 0 Å². The molecule has 0 radical (unpaired) electrons. The molecule has 0 bridgehead atoms. The quantitative estimate of drug-likeness (QED) is 0.298. The van der Waals surface area contributed by atoms with Crippen molar-refractivity contribution in [3.8, 4) is 11.5 Å². The number of piperazine rings is 1. The number of nitrogens with one attached hydrogen (secondary N) is 1. The van der Waals surface area contributed by atoms with Crippen molar-refractivity contribution in [1.82, 2.24) is 20.2 Å². The molecule has 2 aromatic rings. The zero-order chi connectivity index (χ0) is 24.5. The summed E-state index contributed by atoms with van der Waals surface area (Å²) in [5, 5.41) is 3.69. The summed E-state index contributed by atoms with van der Waals surface area (Å²) in [5.74, 6) is 2.28. The number of thioether (sulfide) groups is 1. The molecule has 2 amide bonds. The van der Waals surface area contributed by atoms with Gasteiger partial charge in [0.05, 0.1) is 20.0 Å². The van der Waals surface area contributed by atoms with E-state index in [0.717, 1.165) is 5.56 Å². The van der Waals surface area contributed by atoms with Crippen LogP contribution in [0.5, 0.6) is 11.5 Å². The van der Waals surface area contributed by atoms with Crippen LogP contribution in [0.25, 0.3) is 0 Å². The third-order valence-electron chi connectivity index (χ3n) is 5.44. The van der Waals surface area contributed by atoms with Crippen LogP contribution < -0.4 is 19.7 Å². The Hall–Kier alpha value is -2.72. The summed E-state index contributed by atoms with van der Waals surface area (Å²) in [7, 11) is 3.19. The van der Waals surface area contributed by atoms with Gasteiger partial charge in [0.15, 0.2) is 16.7 Å². The lowest BCUT2D eigenvalue weighted by Crippen LogP contribution is -2.48. The fourth-order valence-electron chi connectivity index (χ4n) is 3.58. The number of rotatable bonds is 10. The third-order valence-corrected chi connectivity index (χ3v) is 6.48. The fraction of sp³-hybridized carbons (Fsp3) is 0.478. The van der Waals surface area contributed by atoms with Crippen LogP contribution in [0.15, 0.2) is 29.4 Å². The second-order valence-electron chi connectivity index (χ2n) is 7.63. The van der Waals surface area contributed by atoms with Gasteiger partial charge < -0.3 is 24.6 Å². The topological polar surface area (TPSA) is 96.9 Å². The Morgan fingerprint density at radius 2 is 1.82 bits per heavy atom. The van der Waals surface area contributed by atoms with E-state index in [4.69, 9.17) is 21.1 Å². The minimum absolute atomic E-state index is 0.109. The first-order valence-electron chi connectivity index (χ1n) is 11.1. The van der Waals surface area contributed by atoms with Crippen LogP contribution in [0, 0.1) is 0 Å². The first-order chi connectivity index (χ1) is 16.4. The van der Waals surface area contributed by atoms with Gasteiger partial charge in [-0.2, -0.15) is 0 Å². The summed E-state index contributed by atoms with van der Waals surface area (Å²) in [6.45, 7) is 5.03. The van der Waals surface area contributed by atoms with Crippen molar-refractivity contribution >= 4 is 41.0 Å². The Labute approximate surface area is 209 Å². The molecule has 0 saturated carbocycles. The predicted octanol–water partition coefficient (Wildman–Crippen LogP) is 2.66. The molecule has 0 atom stereocenters. The number of benzene rings is 1. The van der Waals surface area contributed by atoms with Gasteiger partial charge in [-0.25, -0.2) is 9.97 Å². The summed E-state index contributed by atoms with van der Waals surface area (Å²) < 4.78 is 10.6. The summed E-state index contributed by atoms with van der Waals surface area (Å²) >= 11 is 7.45. The monoisotopic (exact) mass is 507 g/mol. The summed E-state index contributed by atoms with van der Waals surface area (Å²) in [6, 6.07) is 7.41. The smallest absolute Gasteiger partial charge is 0.230 e. The number of halogens is 1. The van der Waals surface area contributed by atoms with Crippen molar-refractivity contribution in [3.05, 3.63) is 35.0 Å². The molecule has 2 heterocycles. The second kappa shape index (κ2) is 12.7. The molecule has 0 aliphatic carbocycles. The molecule has 3 rings (SSSR count). The lowest BCUT2D eigenvalue weighted by molar-refractivity contribution is -0.131. The van der Waals surface area contributed by atoms with E-state index in [2.05, 4.69) is 20.2 Å². The Kier molecular flexibility index (Phi) is 9.64. The van der Waals surface area contributed by atoms with Crippen LogP contribution in [-0.2, 0) is 16.0 Å². The maximum absolute atomic E-state index is 12.3. The van der Waals surface area contributed by atoms with E-state index in [9.17, 15) is 9.59 Å². The maximum Gasteiger partial charge on any atom is 0.230 e. The Morgan fingerprint density at radius 1 is 1.09 bits per heavy atom. The first-order valence-corrected chi connectivity index (χ1v) is 12.5. The van der Waals surface area contributed by atoms with E-state index in [0.29, 0.717) is 73.2 Å². The van der Waals surface area contributed by atoms with Crippen LogP contribution in [0.2, 0.25) is 5.15 Å². The van der Waals surface area contributed by atoms with Gasteiger partial charge in [0.25, 0.3) is 0 Å². The number of carbonyl (C=O) groups is 2.